The van der Waals surface area contributed by atoms with Crippen molar-refractivity contribution in [3.8, 4) is 23.0 Å². The molecule has 0 saturated carbocycles. The topological polar surface area (TPSA) is 92.3 Å². The Balaban J connectivity index is 2.07. The average Bonchev–Trinajstić information content (AvgIpc) is 2.72. The molecule has 0 fully saturated rings. The summed E-state index contributed by atoms with van der Waals surface area (Å²) in [6.45, 7) is 5.26. The van der Waals surface area contributed by atoms with Crippen LogP contribution in [0.1, 0.15) is 31.1 Å². The molecule has 0 saturated heterocycles. The molecule has 0 aliphatic heterocycles. The van der Waals surface area contributed by atoms with E-state index in [1.807, 2.05) is 13.8 Å². The molecule has 2 aromatic rings. The summed E-state index contributed by atoms with van der Waals surface area (Å²) in [4.78, 5) is 24.9. The van der Waals surface area contributed by atoms with Crippen LogP contribution in [0.4, 0.5) is 5.69 Å². The Kier molecular flexibility index (Phi) is 7.91. The predicted molar refractivity (Wildman–Crippen MR) is 112 cm³/mol. The zero-order chi connectivity index (χ0) is 22.3. The van der Waals surface area contributed by atoms with E-state index < -0.39 is 18.0 Å². The fourth-order valence-corrected chi connectivity index (χ4v) is 2.55. The average molecular weight is 417 g/mol. The first-order chi connectivity index (χ1) is 14.3. The normalized spacial score (nSPS) is 11.4. The predicted octanol–water partition coefficient (Wildman–Crippen LogP) is 3.68. The highest BCUT2D eigenvalue weighted by molar-refractivity contribution is 5.97. The first-order valence-corrected chi connectivity index (χ1v) is 9.37. The molecule has 30 heavy (non-hydrogen) atoms. The maximum Gasteiger partial charge on any atom is 0.339 e. The molecule has 0 radical (unpaired) electrons. The largest absolute Gasteiger partial charge is 0.497 e. The zero-order valence-electron chi connectivity index (χ0n) is 18.0. The van der Waals surface area contributed by atoms with E-state index in [4.69, 9.17) is 23.7 Å². The molecule has 0 aliphatic carbocycles. The van der Waals surface area contributed by atoms with E-state index in [-0.39, 0.29) is 11.7 Å². The van der Waals surface area contributed by atoms with E-state index in [0.29, 0.717) is 28.7 Å². The van der Waals surface area contributed by atoms with E-state index in [0.717, 1.165) is 0 Å². The molecule has 1 atom stereocenters. The van der Waals surface area contributed by atoms with Gasteiger partial charge in [0, 0.05) is 23.9 Å². The summed E-state index contributed by atoms with van der Waals surface area (Å²) in [6, 6.07) is 9.64. The number of benzene rings is 2. The van der Waals surface area contributed by atoms with Gasteiger partial charge in [-0.3, -0.25) is 4.79 Å². The lowest BCUT2D eigenvalue weighted by Crippen LogP contribution is -2.30. The van der Waals surface area contributed by atoms with Gasteiger partial charge in [0.1, 0.15) is 11.5 Å². The number of rotatable bonds is 9. The van der Waals surface area contributed by atoms with Crippen molar-refractivity contribution in [2.75, 3.05) is 26.6 Å². The number of amides is 1. The van der Waals surface area contributed by atoms with Crippen molar-refractivity contribution in [3.63, 3.8) is 0 Å². The van der Waals surface area contributed by atoms with Gasteiger partial charge >= 0.3 is 5.97 Å². The standard InChI is InChI=1S/C22H27NO7/c1-13(2)29-19-8-7-15(9-20(19)28-6)22(25)30-14(3)21(24)23-16-10-17(26-4)12-18(11-16)27-5/h7-14H,1-6H3,(H,23,24). The maximum absolute atomic E-state index is 12.5. The van der Waals surface area contributed by atoms with Crippen LogP contribution in [0.15, 0.2) is 36.4 Å². The summed E-state index contributed by atoms with van der Waals surface area (Å²) in [6.07, 6.45) is -1.08. The molecule has 2 rings (SSSR count). The van der Waals surface area contributed by atoms with Gasteiger partial charge in [-0.1, -0.05) is 0 Å². The van der Waals surface area contributed by atoms with Gasteiger partial charge in [0.15, 0.2) is 17.6 Å². The van der Waals surface area contributed by atoms with E-state index in [2.05, 4.69) is 5.32 Å². The number of anilines is 1. The monoisotopic (exact) mass is 417 g/mol. The molecular weight excluding hydrogens is 390 g/mol. The van der Waals surface area contributed by atoms with Gasteiger partial charge in [-0.25, -0.2) is 4.79 Å². The second-order valence-electron chi connectivity index (χ2n) is 6.67. The zero-order valence-corrected chi connectivity index (χ0v) is 18.0. The highest BCUT2D eigenvalue weighted by Crippen LogP contribution is 2.29. The van der Waals surface area contributed by atoms with E-state index >= 15 is 0 Å². The molecule has 8 nitrogen and oxygen atoms in total. The number of carbonyl (C=O) groups is 2. The molecule has 0 spiro atoms. The van der Waals surface area contributed by atoms with Gasteiger partial charge < -0.3 is 29.0 Å². The molecule has 0 aromatic heterocycles. The third kappa shape index (κ3) is 6.04. The van der Waals surface area contributed by atoms with Crippen LogP contribution >= 0.6 is 0 Å². The highest BCUT2D eigenvalue weighted by Gasteiger charge is 2.21. The Hall–Kier alpha value is -3.42. The summed E-state index contributed by atoms with van der Waals surface area (Å²) in [5, 5.41) is 2.68. The molecule has 1 N–H and O–H groups in total. The minimum atomic E-state index is -1.03. The van der Waals surface area contributed by atoms with Crippen LogP contribution in [-0.2, 0) is 9.53 Å². The summed E-state index contributed by atoms with van der Waals surface area (Å²) in [5.74, 6) is 0.802. The SMILES string of the molecule is COc1cc(NC(=O)C(C)OC(=O)c2ccc(OC(C)C)c(OC)c2)cc(OC)c1. The van der Waals surface area contributed by atoms with Crippen LogP contribution in [0, 0.1) is 0 Å². The molecule has 0 heterocycles. The Morgan fingerprint density at radius 2 is 1.47 bits per heavy atom. The van der Waals surface area contributed by atoms with Crippen LogP contribution in [0.25, 0.3) is 0 Å². The van der Waals surface area contributed by atoms with Gasteiger partial charge in [-0.15, -0.1) is 0 Å². The first-order valence-electron chi connectivity index (χ1n) is 9.37. The van der Waals surface area contributed by atoms with Gasteiger partial charge in [0.05, 0.1) is 33.0 Å². The van der Waals surface area contributed by atoms with Crippen molar-refractivity contribution in [2.24, 2.45) is 0 Å². The number of carbonyl (C=O) groups excluding carboxylic acids is 2. The molecule has 0 aliphatic rings. The van der Waals surface area contributed by atoms with Crippen LogP contribution in [0.2, 0.25) is 0 Å². The fourth-order valence-electron chi connectivity index (χ4n) is 2.55. The number of hydrogen-bond donors (Lipinski definition) is 1. The quantitative estimate of drug-likeness (QED) is 0.622. The van der Waals surface area contributed by atoms with Gasteiger partial charge in [-0.2, -0.15) is 0 Å². The van der Waals surface area contributed by atoms with Crippen molar-refractivity contribution in [1.82, 2.24) is 0 Å². The lowest BCUT2D eigenvalue weighted by Gasteiger charge is -2.16. The van der Waals surface area contributed by atoms with Crippen LogP contribution in [-0.4, -0.2) is 45.4 Å². The summed E-state index contributed by atoms with van der Waals surface area (Å²) in [5.41, 5.74) is 0.696. The number of nitrogens with one attached hydrogen (secondary N) is 1. The molecule has 162 valence electrons. The third-order valence-corrected chi connectivity index (χ3v) is 4.03. The van der Waals surface area contributed by atoms with Crippen LogP contribution < -0.4 is 24.3 Å². The number of hydrogen-bond acceptors (Lipinski definition) is 7. The fraction of sp³-hybridized carbons (Fsp3) is 0.364. The van der Waals surface area contributed by atoms with Crippen molar-refractivity contribution < 1.29 is 33.3 Å². The molecular formula is C22H27NO7. The van der Waals surface area contributed by atoms with E-state index in [9.17, 15) is 9.59 Å². The highest BCUT2D eigenvalue weighted by atomic mass is 16.5. The van der Waals surface area contributed by atoms with E-state index in [1.54, 1.807) is 30.3 Å². The Morgan fingerprint density at radius 3 is 2.00 bits per heavy atom. The van der Waals surface area contributed by atoms with Crippen molar-refractivity contribution >= 4 is 17.6 Å². The minimum absolute atomic E-state index is 0.0457. The second kappa shape index (κ2) is 10.4. The lowest BCUT2D eigenvalue weighted by atomic mass is 10.2. The van der Waals surface area contributed by atoms with Gasteiger partial charge in [-0.05, 0) is 39.0 Å². The Labute approximate surface area is 176 Å². The maximum atomic E-state index is 12.5. The van der Waals surface area contributed by atoms with Crippen LogP contribution in [0.5, 0.6) is 23.0 Å². The molecule has 2 aromatic carbocycles. The second-order valence-corrected chi connectivity index (χ2v) is 6.67. The molecule has 1 unspecified atom stereocenters. The van der Waals surface area contributed by atoms with Crippen molar-refractivity contribution in [2.45, 2.75) is 33.0 Å². The Morgan fingerprint density at radius 1 is 0.833 bits per heavy atom. The molecule has 0 bridgehead atoms. The number of ether oxygens (including phenoxy) is 5. The summed E-state index contributed by atoms with van der Waals surface area (Å²) >= 11 is 0. The number of esters is 1. The van der Waals surface area contributed by atoms with E-state index in [1.165, 1.54) is 34.3 Å². The third-order valence-electron chi connectivity index (χ3n) is 4.03. The van der Waals surface area contributed by atoms with Crippen molar-refractivity contribution in [3.05, 3.63) is 42.0 Å². The van der Waals surface area contributed by atoms with Crippen molar-refractivity contribution in [1.29, 1.82) is 0 Å². The summed E-state index contributed by atoms with van der Waals surface area (Å²) in [7, 11) is 4.50. The minimum Gasteiger partial charge on any atom is -0.497 e. The first kappa shape index (κ1) is 22.9. The van der Waals surface area contributed by atoms with Gasteiger partial charge in [0.2, 0.25) is 0 Å². The molecule has 8 heteroatoms. The van der Waals surface area contributed by atoms with Crippen LogP contribution in [0.3, 0.4) is 0 Å². The molecule has 1 amide bonds. The number of methoxy groups -OCH3 is 3. The lowest BCUT2D eigenvalue weighted by molar-refractivity contribution is -0.123. The Bertz CT molecular complexity index is 873. The smallest absolute Gasteiger partial charge is 0.339 e. The summed E-state index contributed by atoms with van der Waals surface area (Å²) < 4.78 is 26.6. The van der Waals surface area contributed by atoms with Gasteiger partial charge in [0.25, 0.3) is 5.91 Å².